The molecule has 1 fully saturated rings. The van der Waals surface area contributed by atoms with Gasteiger partial charge in [-0.25, -0.2) is 4.98 Å². The molecule has 23 heavy (non-hydrogen) atoms. The van der Waals surface area contributed by atoms with Crippen molar-refractivity contribution in [3.8, 4) is 0 Å². The Hall–Kier alpha value is -2.41. The van der Waals surface area contributed by atoms with Crippen molar-refractivity contribution in [1.29, 1.82) is 0 Å². The summed E-state index contributed by atoms with van der Waals surface area (Å²) < 4.78 is 1.73. The Kier molecular flexibility index (Phi) is 4.57. The molecule has 1 aliphatic heterocycles. The van der Waals surface area contributed by atoms with Crippen LogP contribution >= 0.6 is 0 Å². The van der Waals surface area contributed by atoms with Gasteiger partial charge in [0.1, 0.15) is 5.82 Å². The quantitative estimate of drug-likeness (QED) is 0.921. The zero-order valence-corrected chi connectivity index (χ0v) is 13.6. The Balaban J connectivity index is 1.62. The van der Waals surface area contributed by atoms with Crippen LogP contribution in [0.25, 0.3) is 0 Å². The number of hydrogen-bond acceptors (Lipinski definition) is 5. The van der Waals surface area contributed by atoms with Crippen molar-refractivity contribution in [3.05, 3.63) is 36.3 Å². The van der Waals surface area contributed by atoms with Gasteiger partial charge in [0.15, 0.2) is 5.69 Å². The Morgan fingerprint density at radius 3 is 2.61 bits per heavy atom. The third-order valence-corrected chi connectivity index (χ3v) is 4.03. The molecule has 2 aromatic heterocycles. The highest BCUT2D eigenvalue weighted by atomic mass is 16.1. The summed E-state index contributed by atoms with van der Waals surface area (Å²) in [5.41, 5.74) is 1.09. The number of nitrogens with zero attached hydrogens (tertiary/aromatic N) is 5. The molecule has 3 rings (SSSR count). The Bertz CT molecular complexity index is 657. The molecule has 1 aliphatic rings. The smallest absolute Gasteiger partial charge is 0.276 e. The molecule has 0 radical (unpaired) electrons. The SMILES string of the molecule is CCn1ccc(C(=O)Nc2ccc(N3CCN(C)CC3)nc2)n1. The first kappa shape index (κ1) is 15.5. The van der Waals surface area contributed by atoms with Gasteiger partial charge < -0.3 is 15.1 Å². The fraction of sp³-hybridized carbons (Fsp3) is 0.438. The van der Waals surface area contributed by atoms with Crippen LogP contribution in [0.1, 0.15) is 17.4 Å². The van der Waals surface area contributed by atoms with Gasteiger partial charge in [0, 0.05) is 38.9 Å². The molecule has 0 unspecified atom stereocenters. The third-order valence-electron chi connectivity index (χ3n) is 4.03. The number of rotatable bonds is 4. The van der Waals surface area contributed by atoms with Gasteiger partial charge in [-0.1, -0.05) is 0 Å². The van der Waals surface area contributed by atoms with Crippen LogP contribution in [0.15, 0.2) is 30.6 Å². The van der Waals surface area contributed by atoms with Crippen LogP contribution in [-0.2, 0) is 6.54 Å². The average Bonchev–Trinajstić information content (AvgIpc) is 3.06. The maximum Gasteiger partial charge on any atom is 0.276 e. The van der Waals surface area contributed by atoms with Crippen molar-refractivity contribution < 1.29 is 4.79 Å². The minimum atomic E-state index is -0.216. The maximum absolute atomic E-state index is 12.1. The molecular formula is C16H22N6O. The van der Waals surface area contributed by atoms with E-state index in [1.54, 1.807) is 23.1 Å². The highest BCUT2D eigenvalue weighted by Gasteiger charge is 2.15. The van der Waals surface area contributed by atoms with Crippen LogP contribution in [0.4, 0.5) is 11.5 Å². The number of hydrogen-bond donors (Lipinski definition) is 1. The summed E-state index contributed by atoms with van der Waals surface area (Å²) in [7, 11) is 2.13. The first-order valence-corrected chi connectivity index (χ1v) is 7.90. The van der Waals surface area contributed by atoms with Crippen LogP contribution in [0.5, 0.6) is 0 Å². The van der Waals surface area contributed by atoms with Crippen LogP contribution in [0, 0.1) is 0 Å². The number of nitrogens with one attached hydrogen (secondary N) is 1. The van der Waals surface area contributed by atoms with E-state index in [1.165, 1.54) is 0 Å². The molecular weight excluding hydrogens is 292 g/mol. The van der Waals surface area contributed by atoms with Crippen molar-refractivity contribution >= 4 is 17.4 Å². The summed E-state index contributed by atoms with van der Waals surface area (Å²) in [4.78, 5) is 21.2. The van der Waals surface area contributed by atoms with Crippen molar-refractivity contribution in [1.82, 2.24) is 19.7 Å². The lowest BCUT2D eigenvalue weighted by Gasteiger charge is -2.33. The molecule has 0 bridgehead atoms. The second-order valence-corrected chi connectivity index (χ2v) is 5.71. The molecule has 3 heterocycles. The molecule has 1 saturated heterocycles. The summed E-state index contributed by atoms with van der Waals surface area (Å²) >= 11 is 0. The average molecular weight is 314 g/mol. The Morgan fingerprint density at radius 1 is 1.22 bits per heavy atom. The van der Waals surface area contributed by atoms with Crippen molar-refractivity contribution in [3.63, 3.8) is 0 Å². The number of anilines is 2. The lowest BCUT2D eigenvalue weighted by atomic mass is 10.3. The lowest BCUT2D eigenvalue weighted by molar-refractivity contribution is 0.102. The highest BCUT2D eigenvalue weighted by Crippen LogP contribution is 2.16. The standard InChI is InChI=1S/C16H22N6O/c1-3-22-7-6-14(19-22)16(23)18-13-4-5-15(17-12-13)21-10-8-20(2)9-11-21/h4-7,12H,3,8-11H2,1-2H3,(H,18,23). The second-order valence-electron chi connectivity index (χ2n) is 5.71. The van der Waals surface area contributed by atoms with Gasteiger partial charge in [0.05, 0.1) is 11.9 Å². The van der Waals surface area contributed by atoms with E-state index in [1.807, 2.05) is 19.1 Å². The van der Waals surface area contributed by atoms with Gasteiger partial charge in [-0.3, -0.25) is 9.48 Å². The van der Waals surface area contributed by atoms with Gasteiger partial charge in [-0.2, -0.15) is 5.10 Å². The minimum absolute atomic E-state index is 0.216. The van der Waals surface area contributed by atoms with Crippen molar-refractivity contribution in [2.24, 2.45) is 0 Å². The number of piperazine rings is 1. The summed E-state index contributed by atoms with van der Waals surface area (Å²) in [6, 6.07) is 5.55. The monoisotopic (exact) mass is 314 g/mol. The molecule has 1 N–H and O–H groups in total. The summed E-state index contributed by atoms with van der Waals surface area (Å²) in [6.45, 7) is 6.76. The summed E-state index contributed by atoms with van der Waals surface area (Å²) in [5.74, 6) is 0.734. The van der Waals surface area contributed by atoms with E-state index in [0.717, 1.165) is 38.5 Å². The minimum Gasteiger partial charge on any atom is -0.354 e. The van der Waals surface area contributed by atoms with Crippen LogP contribution in [-0.4, -0.2) is 58.8 Å². The number of pyridine rings is 1. The number of aryl methyl sites for hydroxylation is 1. The van der Waals surface area contributed by atoms with Gasteiger partial charge in [0.25, 0.3) is 5.91 Å². The van der Waals surface area contributed by atoms with Crippen LogP contribution in [0.2, 0.25) is 0 Å². The predicted molar refractivity (Wildman–Crippen MR) is 89.8 cm³/mol. The maximum atomic E-state index is 12.1. The molecule has 0 atom stereocenters. The molecule has 0 aliphatic carbocycles. The first-order valence-electron chi connectivity index (χ1n) is 7.90. The van der Waals surface area contributed by atoms with E-state index in [2.05, 4.69) is 32.2 Å². The lowest BCUT2D eigenvalue weighted by Crippen LogP contribution is -2.44. The number of amides is 1. The molecule has 1 amide bonds. The van der Waals surface area contributed by atoms with E-state index in [9.17, 15) is 4.79 Å². The zero-order valence-electron chi connectivity index (χ0n) is 13.6. The molecule has 7 heteroatoms. The molecule has 7 nitrogen and oxygen atoms in total. The Labute approximate surface area is 135 Å². The summed E-state index contributed by atoms with van der Waals surface area (Å²) in [5, 5.41) is 7.02. The Morgan fingerprint density at radius 2 is 2.00 bits per heavy atom. The molecule has 0 saturated carbocycles. The fourth-order valence-electron chi connectivity index (χ4n) is 2.54. The van der Waals surface area contributed by atoms with Gasteiger partial charge >= 0.3 is 0 Å². The molecule has 0 spiro atoms. The van der Waals surface area contributed by atoms with Gasteiger partial charge in [-0.15, -0.1) is 0 Å². The highest BCUT2D eigenvalue weighted by molar-refractivity contribution is 6.02. The predicted octanol–water partition coefficient (Wildman–Crippen LogP) is 1.30. The van der Waals surface area contributed by atoms with Gasteiger partial charge in [-0.05, 0) is 32.2 Å². The number of likely N-dealkylation sites (N-methyl/N-ethyl adjacent to an activating group) is 1. The molecule has 0 aromatic carbocycles. The van der Waals surface area contributed by atoms with Crippen LogP contribution in [0.3, 0.4) is 0 Å². The normalized spacial score (nSPS) is 15.7. The molecule has 2 aromatic rings. The fourth-order valence-corrected chi connectivity index (χ4v) is 2.54. The number of carbonyl (C=O) groups excluding carboxylic acids is 1. The van der Waals surface area contributed by atoms with E-state index in [0.29, 0.717) is 11.4 Å². The number of carbonyl (C=O) groups is 1. The largest absolute Gasteiger partial charge is 0.354 e. The topological polar surface area (TPSA) is 66.3 Å². The van der Waals surface area contributed by atoms with Crippen molar-refractivity contribution in [2.45, 2.75) is 13.5 Å². The van der Waals surface area contributed by atoms with Crippen LogP contribution < -0.4 is 10.2 Å². The zero-order chi connectivity index (χ0) is 16.2. The second kappa shape index (κ2) is 6.78. The summed E-state index contributed by atoms with van der Waals surface area (Å²) in [6.07, 6.45) is 3.49. The number of aromatic nitrogens is 3. The third kappa shape index (κ3) is 3.68. The van der Waals surface area contributed by atoms with E-state index in [-0.39, 0.29) is 5.91 Å². The van der Waals surface area contributed by atoms with Gasteiger partial charge in [0.2, 0.25) is 0 Å². The van der Waals surface area contributed by atoms with E-state index in [4.69, 9.17) is 0 Å². The first-order chi connectivity index (χ1) is 11.2. The van der Waals surface area contributed by atoms with E-state index >= 15 is 0 Å². The van der Waals surface area contributed by atoms with Crippen molar-refractivity contribution in [2.75, 3.05) is 43.4 Å². The molecule has 122 valence electrons. The van der Waals surface area contributed by atoms with E-state index < -0.39 is 0 Å².